The second-order valence-corrected chi connectivity index (χ2v) is 7.92. The standard InChI is InChI=1S/C25H18Cl2FN3O2/c1-2-32-24-10-15(3-8-23(24)33-14-16-4-5-18(26)11-20(16)27)9-17(13-29)25-30-21-7-6-19(28)12-22(21)31-25/h3-12H,2,14H2,1H3,(H,30,31)/b17-9-. The summed E-state index contributed by atoms with van der Waals surface area (Å²) in [4.78, 5) is 7.37. The lowest BCUT2D eigenvalue weighted by Gasteiger charge is -2.13. The molecule has 0 aliphatic rings. The molecule has 33 heavy (non-hydrogen) atoms. The van der Waals surface area contributed by atoms with Gasteiger partial charge in [0.25, 0.3) is 0 Å². The van der Waals surface area contributed by atoms with E-state index in [1.165, 1.54) is 12.1 Å². The van der Waals surface area contributed by atoms with Crippen molar-refractivity contribution in [2.24, 2.45) is 0 Å². The largest absolute Gasteiger partial charge is 0.490 e. The first-order chi connectivity index (χ1) is 16.0. The highest BCUT2D eigenvalue weighted by Gasteiger charge is 2.12. The molecule has 1 heterocycles. The molecule has 0 saturated carbocycles. The molecular weight excluding hydrogens is 464 g/mol. The predicted molar refractivity (Wildman–Crippen MR) is 128 cm³/mol. The molecule has 0 unspecified atom stereocenters. The summed E-state index contributed by atoms with van der Waals surface area (Å²) in [6.07, 6.45) is 1.68. The number of rotatable bonds is 7. The molecule has 8 heteroatoms. The van der Waals surface area contributed by atoms with Crippen LogP contribution < -0.4 is 9.47 Å². The number of hydrogen-bond donors (Lipinski definition) is 1. The first-order valence-electron chi connectivity index (χ1n) is 10.1. The minimum atomic E-state index is -0.378. The third-order valence-electron chi connectivity index (χ3n) is 4.80. The van der Waals surface area contributed by atoms with Crippen molar-refractivity contribution in [3.63, 3.8) is 0 Å². The van der Waals surface area contributed by atoms with Crippen LogP contribution >= 0.6 is 23.2 Å². The minimum absolute atomic E-state index is 0.240. The van der Waals surface area contributed by atoms with Crippen LogP contribution in [0.3, 0.4) is 0 Å². The van der Waals surface area contributed by atoms with Gasteiger partial charge in [0.05, 0.1) is 23.2 Å². The van der Waals surface area contributed by atoms with Crippen molar-refractivity contribution < 1.29 is 13.9 Å². The van der Waals surface area contributed by atoms with Crippen LogP contribution in [0.1, 0.15) is 23.9 Å². The molecule has 0 amide bonds. The molecule has 1 aromatic heterocycles. The Morgan fingerprint density at radius 3 is 2.70 bits per heavy atom. The average molecular weight is 482 g/mol. The third-order valence-corrected chi connectivity index (χ3v) is 5.38. The average Bonchev–Trinajstić information content (AvgIpc) is 3.21. The van der Waals surface area contributed by atoms with Gasteiger partial charge < -0.3 is 14.5 Å². The van der Waals surface area contributed by atoms with E-state index in [1.54, 1.807) is 48.5 Å². The van der Waals surface area contributed by atoms with Gasteiger partial charge in [-0.25, -0.2) is 9.37 Å². The highest BCUT2D eigenvalue weighted by atomic mass is 35.5. The number of hydrogen-bond acceptors (Lipinski definition) is 4. The minimum Gasteiger partial charge on any atom is -0.490 e. The van der Waals surface area contributed by atoms with E-state index in [9.17, 15) is 9.65 Å². The number of fused-ring (bicyclic) bond motifs is 1. The Labute approximate surface area is 200 Å². The maximum absolute atomic E-state index is 13.5. The molecule has 0 aliphatic heterocycles. The quantitative estimate of drug-likeness (QED) is 0.287. The molecule has 0 bridgehead atoms. The smallest absolute Gasteiger partial charge is 0.161 e. The fraction of sp³-hybridized carbons (Fsp3) is 0.120. The third kappa shape index (κ3) is 5.28. The van der Waals surface area contributed by atoms with Gasteiger partial charge in [-0.1, -0.05) is 35.3 Å². The molecule has 0 radical (unpaired) electrons. The summed E-state index contributed by atoms with van der Waals surface area (Å²) < 4.78 is 25.1. The van der Waals surface area contributed by atoms with Gasteiger partial charge in [-0.3, -0.25) is 0 Å². The van der Waals surface area contributed by atoms with Crippen molar-refractivity contribution in [3.05, 3.63) is 87.4 Å². The van der Waals surface area contributed by atoms with Crippen molar-refractivity contribution >= 4 is 45.9 Å². The van der Waals surface area contributed by atoms with Crippen LogP contribution in [0.2, 0.25) is 10.0 Å². The van der Waals surface area contributed by atoms with Crippen molar-refractivity contribution in [2.75, 3.05) is 6.61 Å². The number of aromatic nitrogens is 2. The summed E-state index contributed by atoms with van der Waals surface area (Å²) in [5.74, 6) is 1.05. The summed E-state index contributed by atoms with van der Waals surface area (Å²) in [5, 5.41) is 10.7. The number of nitriles is 1. The number of nitrogens with zero attached hydrogens (tertiary/aromatic N) is 2. The molecule has 0 saturated heterocycles. The van der Waals surface area contributed by atoms with Crippen LogP contribution in [-0.4, -0.2) is 16.6 Å². The lowest BCUT2D eigenvalue weighted by atomic mass is 10.1. The number of ether oxygens (including phenoxy) is 2. The lowest BCUT2D eigenvalue weighted by Crippen LogP contribution is -2.00. The Balaban J connectivity index is 1.61. The molecule has 0 spiro atoms. The first-order valence-corrected chi connectivity index (χ1v) is 10.8. The molecule has 5 nitrogen and oxygen atoms in total. The number of nitrogens with one attached hydrogen (secondary N) is 1. The topological polar surface area (TPSA) is 70.9 Å². The van der Waals surface area contributed by atoms with Crippen LogP contribution in [0.4, 0.5) is 4.39 Å². The fourth-order valence-electron chi connectivity index (χ4n) is 3.23. The lowest BCUT2D eigenvalue weighted by molar-refractivity contribution is 0.269. The Morgan fingerprint density at radius 1 is 1.09 bits per heavy atom. The Morgan fingerprint density at radius 2 is 1.94 bits per heavy atom. The van der Waals surface area contributed by atoms with Gasteiger partial charge in [0.15, 0.2) is 11.5 Å². The van der Waals surface area contributed by atoms with E-state index >= 15 is 0 Å². The second-order valence-electron chi connectivity index (χ2n) is 7.08. The van der Waals surface area contributed by atoms with Gasteiger partial charge in [0.2, 0.25) is 0 Å². The van der Waals surface area contributed by atoms with E-state index in [2.05, 4.69) is 16.0 Å². The molecule has 1 N–H and O–H groups in total. The van der Waals surface area contributed by atoms with Gasteiger partial charge in [0.1, 0.15) is 24.3 Å². The number of H-pyrrole nitrogens is 1. The molecule has 0 aliphatic carbocycles. The number of benzene rings is 3. The van der Waals surface area contributed by atoms with Crippen LogP contribution in [-0.2, 0) is 6.61 Å². The zero-order valence-electron chi connectivity index (χ0n) is 17.5. The number of halogens is 3. The Hall–Kier alpha value is -3.53. The van der Waals surface area contributed by atoms with Crippen LogP contribution in [0, 0.1) is 17.1 Å². The van der Waals surface area contributed by atoms with Crippen molar-refractivity contribution in [1.29, 1.82) is 5.26 Å². The van der Waals surface area contributed by atoms with Crippen molar-refractivity contribution in [3.8, 4) is 17.6 Å². The predicted octanol–water partition coefficient (Wildman–Crippen LogP) is 7.05. The first kappa shape index (κ1) is 22.7. The SMILES string of the molecule is CCOc1cc(/C=C(/C#N)c2nc3ccc(F)cc3[nH]2)ccc1OCc1ccc(Cl)cc1Cl. The number of aromatic amines is 1. The monoisotopic (exact) mass is 481 g/mol. The molecule has 4 aromatic rings. The van der Waals surface area contributed by atoms with Gasteiger partial charge >= 0.3 is 0 Å². The highest BCUT2D eigenvalue weighted by molar-refractivity contribution is 6.35. The number of imidazole rings is 1. The van der Waals surface area contributed by atoms with E-state index in [0.717, 1.165) is 11.1 Å². The molecule has 166 valence electrons. The summed E-state index contributed by atoms with van der Waals surface area (Å²) in [7, 11) is 0. The summed E-state index contributed by atoms with van der Waals surface area (Å²) in [6, 6.07) is 16.9. The zero-order chi connectivity index (χ0) is 23.4. The zero-order valence-corrected chi connectivity index (χ0v) is 19.0. The summed E-state index contributed by atoms with van der Waals surface area (Å²) in [5.41, 5.74) is 2.91. The maximum atomic E-state index is 13.5. The van der Waals surface area contributed by atoms with E-state index < -0.39 is 0 Å². The van der Waals surface area contributed by atoms with Crippen LogP contribution in [0.15, 0.2) is 54.6 Å². The van der Waals surface area contributed by atoms with E-state index in [-0.39, 0.29) is 12.4 Å². The molecule has 4 rings (SSSR count). The fourth-order valence-corrected chi connectivity index (χ4v) is 3.69. The molecular formula is C25H18Cl2FN3O2. The van der Waals surface area contributed by atoms with Crippen LogP contribution in [0.5, 0.6) is 11.5 Å². The highest BCUT2D eigenvalue weighted by Crippen LogP contribution is 2.32. The Bertz CT molecular complexity index is 1390. The van der Waals surface area contributed by atoms with Gasteiger partial charge in [-0.15, -0.1) is 0 Å². The molecule has 3 aromatic carbocycles. The van der Waals surface area contributed by atoms with Crippen LogP contribution in [0.25, 0.3) is 22.7 Å². The maximum Gasteiger partial charge on any atom is 0.161 e. The van der Waals surface area contributed by atoms with E-state index in [1.807, 2.05) is 6.92 Å². The summed E-state index contributed by atoms with van der Waals surface area (Å²) >= 11 is 12.2. The molecule has 0 fully saturated rings. The number of allylic oxidation sites excluding steroid dienone is 1. The van der Waals surface area contributed by atoms with E-state index in [4.69, 9.17) is 32.7 Å². The molecule has 0 atom stereocenters. The van der Waals surface area contributed by atoms with Crippen molar-refractivity contribution in [2.45, 2.75) is 13.5 Å². The second kappa shape index (κ2) is 9.95. The Kier molecular flexibility index (Phi) is 6.83. The summed E-state index contributed by atoms with van der Waals surface area (Å²) in [6.45, 7) is 2.55. The van der Waals surface area contributed by atoms with E-state index in [0.29, 0.717) is 50.6 Å². The van der Waals surface area contributed by atoms with Gasteiger partial charge in [0, 0.05) is 15.6 Å². The normalized spacial score (nSPS) is 11.4. The van der Waals surface area contributed by atoms with Gasteiger partial charge in [-0.05, 0) is 61.0 Å². The van der Waals surface area contributed by atoms with Crippen molar-refractivity contribution in [1.82, 2.24) is 9.97 Å². The van der Waals surface area contributed by atoms with Gasteiger partial charge in [-0.2, -0.15) is 5.26 Å².